The Labute approximate surface area is 98.6 Å². The lowest BCUT2D eigenvalue weighted by atomic mass is 10.3. The lowest BCUT2D eigenvalue weighted by Crippen LogP contribution is -2.05. The number of nitriles is 1. The van der Waals surface area contributed by atoms with Crippen LogP contribution in [-0.2, 0) is 9.84 Å². The SMILES string of the molecule is CS(=O)(=O)CCSc1ccc(N)c(C#N)n1. The Bertz CT molecular complexity index is 520. The fourth-order valence-electron chi connectivity index (χ4n) is 0.920. The maximum atomic E-state index is 10.9. The van der Waals surface area contributed by atoms with Gasteiger partial charge in [-0.05, 0) is 12.1 Å². The Hall–Kier alpha value is -1.26. The summed E-state index contributed by atoms with van der Waals surface area (Å²) in [5.41, 5.74) is 6.01. The van der Waals surface area contributed by atoms with E-state index in [1.165, 1.54) is 18.0 Å². The summed E-state index contributed by atoms with van der Waals surface area (Å²) in [6, 6.07) is 5.14. The molecule has 7 heteroatoms. The highest BCUT2D eigenvalue weighted by Gasteiger charge is 2.05. The van der Waals surface area contributed by atoms with Gasteiger partial charge in [-0.2, -0.15) is 5.26 Å². The van der Waals surface area contributed by atoms with Crippen LogP contribution in [0.5, 0.6) is 0 Å². The van der Waals surface area contributed by atoms with Crippen LogP contribution in [0.2, 0.25) is 0 Å². The topological polar surface area (TPSA) is 96.8 Å². The van der Waals surface area contributed by atoms with Gasteiger partial charge < -0.3 is 5.73 Å². The average molecular weight is 257 g/mol. The van der Waals surface area contributed by atoms with Crippen molar-refractivity contribution in [3.63, 3.8) is 0 Å². The van der Waals surface area contributed by atoms with E-state index in [1.54, 1.807) is 12.1 Å². The van der Waals surface area contributed by atoms with Crippen LogP contribution in [0.1, 0.15) is 5.69 Å². The highest BCUT2D eigenvalue weighted by atomic mass is 32.2. The normalized spacial score (nSPS) is 11.0. The molecule has 0 saturated carbocycles. The zero-order valence-electron chi connectivity index (χ0n) is 8.67. The molecule has 2 N–H and O–H groups in total. The van der Waals surface area contributed by atoms with Crippen LogP contribution in [-0.4, -0.2) is 31.2 Å². The number of nitrogens with zero attached hydrogens (tertiary/aromatic N) is 2. The molecule has 0 saturated heterocycles. The number of thioether (sulfide) groups is 1. The van der Waals surface area contributed by atoms with Crippen molar-refractivity contribution < 1.29 is 8.42 Å². The molecule has 0 aliphatic heterocycles. The van der Waals surface area contributed by atoms with Crippen LogP contribution >= 0.6 is 11.8 Å². The van der Waals surface area contributed by atoms with E-state index in [-0.39, 0.29) is 11.4 Å². The second-order valence-electron chi connectivity index (χ2n) is 3.18. The van der Waals surface area contributed by atoms with Gasteiger partial charge in [0.2, 0.25) is 0 Å². The molecule has 0 fully saturated rings. The van der Waals surface area contributed by atoms with E-state index >= 15 is 0 Å². The van der Waals surface area contributed by atoms with E-state index in [2.05, 4.69) is 4.98 Å². The maximum Gasteiger partial charge on any atom is 0.164 e. The number of sulfone groups is 1. The molecule has 5 nitrogen and oxygen atoms in total. The molecule has 1 aromatic heterocycles. The monoisotopic (exact) mass is 257 g/mol. The number of rotatable bonds is 4. The minimum absolute atomic E-state index is 0.0889. The molecular formula is C9H11N3O2S2. The van der Waals surface area contributed by atoms with E-state index in [0.717, 1.165) is 0 Å². The molecular weight excluding hydrogens is 246 g/mol. The smallest absolute Gasteiger partial charge is 0.164 e. The van der Waals surface area contributed by atoms with Crippen LogP contribution in [0, 0.1) is 11.3 Å². The fraction of sp³-hybridized carbons (Fsp3) is 0.333. The molecule has 1 heterocycles. The molecule has 0 spiro atoms. The van der Waals surface area contributed by atoms with Crippen LogP contribution in [0.15, 0.2) is 17.2 Å². The standard InChI is InChI=1S/C9H11N3O2S2/c1-16(13,14)5-4-15-9-3-2-7(11)8(6-10)12-9/h2-3H,4-5,11H2,1H3. The summed E-state index contributed by atoms with van der Waals surface area (Å²) >= 11 is 1.29. The van der Waals surface area contributed by atoms with Gasteiger partial charge >= 0.3 is 0 Å². The quantitative estimate of drug-likeness (QED) is 0.796. The van der Waals surface area contributed by atoms with Gasteiger partial charge in [-0.1, -0.05) is 0 Å². The number of nitrogens with two attached hydrogens (primary N) is 1. The first kappa shape index (κ1) is 12.8. The minimum Gasteiger partial charge on any atom is -0.396 e. The van der Waals surface area contributed by atoms with Crippen LogP contribution in [0.3, 0.4) is 0 Å². The summed E-state index contributed by atoms with van der Waals surface area (Å²) in [7, 11) is -2.96. The number of pyridine rings is 1. The van der Waals surface area contributed by atoms with Crippen molar-refractivity contribution in [3.05, 3.63) is 17.8 Å². The molecule has 0 aliphatic rings. The van der Waals surface area contributed by atoms with E-state index in [9.17, 15) is 8.42 Å². The lowest BCUT2D eigenvalue weighted by Gasteiger charge is -2.02. The Balaban J connectivity index is 2.66. The summed E-state index contributed by atoms with van der Waals surface area (Å²) in [5, 5.41) is 9.31. The number of anilines is 1. The first-order chi connectivity index (χ1) is 7.42. The van der Waals surface area contributed by atoms with E-state index in [4.69, 9.17) is 11.0 Å². The zero-order valence-corrected chi connectivity index (χ0v) is 10.3. The van der Waals surface area contributed by atoms with Crippen molar-refractivity contribution in [3.8, 4) is 6.07 Å². The van der Waals surface area contributed by atoms with Gasteiger partial charge in [0.05, 0.1) is 16.5 Å². The fourth-order valence-corrected chi connectivity index (χ4v) is 2.99. The van der Waals surface area contributed by atoms with Crippen molar-refractivity contribution >= 4 is 27.3 Å². The second-order valence-corrected chi connectivity index (χ2v) is 6.55. The minimum atomic E-state index is -2.96. The molecule has 0 unspecified atom stereocenters. The predicted octanol–water partition coefficient (Wildman–Crippen LogP) is 0.672. The van der Waals surface area contributed by atoms with Gasteiger partial charge in [0.15, 0.2) is 5.69 Å². The van der Waals surface area contributed by atoms with Crippen molar-refractivity contribution in [1.82, 2.24) is 4.98 Å². The van der Waals surface area contributed by atoms with Gasteiger partial charge in [0, 0.05) is 12.0 Å². The number of hydrogen-bond acceptors (Lipinski definition) is 6. The molecule has 86 valence electrons. The first-order valence-corrected chi connectivity index (χ1v) is 7.44. The molecule has 0 atom stereocenters. The highest BCUT2D eigenvalue weighted by Crippen LogP contribution is 2.18. The summed E-state index contributed by atoms with van der Waals surface area (Å²) < 4.78 is 21.8. The molecule has 1 aromatic rings. The molecule has 0 amide bonds. The van der Waals surface area contributed by atoms with E-state index < -0.39 is 9.84 Å². The Morgan fingerprint density at radius 3 is 2.81 bits per heavy atom. The van der Waals surface area contributed by atoms with Gasteiger partial charge in [-0.3, -0.25) is 0 Å². The molecule has 0 radical (unpaired) electrons. The first-order valence-electron chi connectivity index (χ1n) is 4.39. The summed E-state index contributed by atoms with van der Waals surface area (Å²) in [6.45, 7) is 0. The molecule has 0 aliphatic carbocycles. The number of nitrogen functional groups attached to an aromatic ring is 1. The summed E-state index contributed by atoms with van der Waals surface area (Å²) in [6.07, 6.45) is 1.19. The number of hydrogen-bond donors (Lipinski definition) is 1. The van der Waals surface area contributed by atoms with Gasteiger partial charge in [0.25, 0.3) is 0 Å². The Morgan fingerprint density at radius 1 is 1.56 bits per heavy atom. The van der Waals surface area contributed by atoms with E-state index in [0.29, 0.717) is 16.5 Å². The highest BCUT2D eigenvalue weighted by molar-refractivity contribution is 8.00. The van der Waals surface area contributed by atoms with Crippen molar-refractivity contribution in [1.29, 1.82) is 5.26 Å². The molecule has 0 bridgehead atoms. The van der Waals surface area contributed by atoms with Crippen molar-refractivity contribution in [2.75, 3.05) is 23.5 Å². The van der Waals surface area contributed by atoms with Gasteiger partial charge in [-0.25, -0.2) is 13.4 Å². The average Bonchev–Trinajstić information content (AvgIpc) is 2.18. The van der Waals surface area contributed by atoms with Crippen molar-refractivity contribution in [2.45, 2.75) is 5.03 Å². The van der Waals surface area contributed by atoms with Crippen LogP contribution in [0.25, 0.3) is 0 Å². The van der Waals surface area contributed by atoms with Crippen LogP contribution < -0.4 is 5.73 Å². The summed E-state index contributed by atoms with van der Waals surface area (Å²) in [4.78, 5) is 3.99. The third-order valence-corrected chi connectivity index (χ3v) is 3.85. The van der Waals surface area contributed by atoms with Crippen LogP contribution in [0.4, 0.5) is 5.69 Å². The molecule has 0 aromatic carbocycles. The molecule has 16 heavy (non-hydrogen) atoms. The Kier molecular flexibility index (Phi) is 4.15. The zero-order chi connectivity index (χ0) is 12.2. The van der Waals surface area contributed by atoms with Gasteiger partial charge in [0.1, 0.15) is 15.9 Å². The largest absolute Gasteiger partial charge is 0.396 e. The Morgan fingerprint density at radius 2 is 2.25 bits per heavy atom. The maximum absolute atomic E-state index is 10.9. The second kappa shape index (κ2) is 5.18. The predicted molar refractivity (Wildman–Crippen MR) is 63.8 cm³/mol. The van der Waals surface area contributed by atoms with Gasteiger partial charge in [-0.15, -0.1) is 11.8 Å². The van der Waals surface area contributed by atoms with Crippen molar-refractivity contribution in [2.24, 2.45) is 0 Å². The number of aromatic nitrogens is 1. The molecule has 1 rings (SSSR count). The summed E-state index contributed by atoms with van der Waals surface area (Å²) in [5.74, 6) is 0.506. The third-order valence-electron chi connectivity index (χ3n) is 1.71. The third kappa shape index (κ3) is 4.08. The van der Waals surface area contributed by atoms with E-state index in [1.807, 2.05) is 6.07 Å². The lowest BCUT2D eigenvalue weighted by molar-refractivity contribution is 0.603.